The van der Waals surface area contributed by atoms with Gasteiger partial charge < -0.3 is 15.8 Å². The number of carbonyl (C=O) groups is 2. The minimum atomic E-state index is -3.77. The second-order valence-electron chi connectivity index (χ2n) is 10.6. The smallest absolute Gasteiger partial charge is 0.407 e. The summed E-state index contributed by atoms with van der Waals surface area (Å²) in [7, 11) is -2.55. The van der Waals surface area contributed by atoms with Crippen LogP contribution in [0.25, 0.3) is 16.8 Å². The van der Waals surface area contributed by atoms with E-state index in [1.54, 1.807) is 0 Å². The highest BCUT2D eigenvalue weighted by Gasteiger charge is 2.58. The van der Waals surface area contributed by atoms with Gasteiger partial charge >= 0.3 is 6.09 Å². The van der Waals surface area contributed by atoms with E-state index in [2.05, 4.69) is 20.2 Å². The lowest BCUT2D eigenvalue weighted by Crippen LogP contribution is -2.46. The van der Waals surface area contributed by atoms with Crippen LogP contribution in [0.2, 0.25) is 5.02 Å². The minimum absolute atomic E-state index is 0.0601. The summed E-state index contributed by atoms with van der Waals surface area (Å²) >= 11 is 6.31. The molecule has 0 saturated heterocycles. The third-order valence-corrected chi connectivity index (χ3v) is 8.48. The van der Waals surface area contributed by atoms with Crippen molar-refractivity contribution in [3.8, 4) is 16.8 Å². The largest absolute Gasteiger partial charge is 0.447 e. The van der Waals surface area contributed by atoms with Crippen LogP contribution < -0.4 is 11.1 Å². The monoisotopic (exact) mass is 729 g/mol. The number of amides is 2. The molecule has 0 aliphatic heterocycles. The Balaban J connectivity index is 1.54. The number of nitrogens with zero attached hydrogens (tertiary/aromatic N) is 7. The van der Waals surface area contributed by atoms with Crippen LogP contribution in [0.3, 0.4) is 0 Å². The van der Waals surface area contributed by atoms with E-state index in [9.17, 15) is 35.6 Å². The molecule has 1 aliphatic rings. The van der Waals surface area contributed by atoms with Crippen molar-refractivity contribution in [1.29, 1.82) is 0 Å². The molecule has 4 aromatic rings. The summed E-state index contributed by atoms with van der Waals surface area (Å²) in [6.45, 7) is -0.753. The van der Waals surface area contributed by atoms with Crippen LogP contribution in [0, 0.1) is 5.82 Å². The summed E-state index contributed by atoms with van der Waals surface area (Å²) in [6.07, 6.45) is -0.983. The summed E-state index contributed by atoms with van der Waals surface area (Å²) in [5.74, 6) is -6.31. The van der Waals surface area contributed by atoms with Crippen molar-refractivity contribution in [2.24, 2.45) is 10.7 Å². The highest BCUT2D eigenvalue weighted by Crippen LogP contribution is 2.41. The summed E-state index contributed by atoms with van der Waals surface area (Å²) in [5, 5.41) is 9.42. The van der Waals surface area contributed by atoms with E-state index >= 15 is 4.39 Å². The Hall–Kier alpha value is -5.11. The number of hydrogen-bond acceptors (Lipinski definition) is 9. The number of aromatic nitrogens is 5. The first-order chi connectivity index (χ1) is 23.0. The molecule has 21 heteroatoms. The normalized spacial score (nSPS) is 16.3. The zero-order valence-corrected chi connectivity index (χ0v) is 26.8. The van der Waals surface area contributed by atoms with Gasteiger partial charge in [0.15, 0.2) is 11.8 Å². The number of benzene rings is 2. The predicted molar refractivity (Wildman–Crippen MR) is 163 cm³/mol. The van der Waals surface area contributed by atoms with Crippen molar-refractivity contribution in [3.05, 3.63) is 82.9 Å². The van der Waals surface area contributed by atoms with Crippen LogP contribution >= 0.6 is 11.6 Å². The maximum absolute atomic E-state index is 15.4. The van der Waals surface area contributed by atoms with Gasteiger partial charge in [-0.3, -0.25) is 14.7 Å². The molecule has 5 rings (SSSR count). The zero-order chi connectivity index (χ0) is 35.8. The number of alkyl carbamates (subject to hydrolysis) is 1. The Bertz CT molecular complexity index is 2060. The molecule has 1 aliphatic carbocycles. The summed E-state index contributed by atoms with van der Waals surface area (Å²) in [5.41, 5.74) is 5.75. The lowest BCUT2D eigenvalue weighted by molar-refractivity contribution is 0.0687. The fourth-order valence-corrected chi connectivity index (χ4v) is 5.39. The number of alkyl halides is 4. The van der Waals surface area contributed by atoms with Crippen LogP contribution in [0.15, 0.2) is 60.1 Å². The van der Waals surface area contributed by atoms with Crippen molar-refractivity contribution in [2.75, 3.05) is 19.9 Å². The van der Waals surface area contributed by atoms with E-state index in [1.807, 2.05) is 5.32 Å². The first kappa shape index (κ1) is 35.2. The van der Waals surface area contributed by atoms with Crippen molar-refractivity contribution in [3.63, 3.8) is 0 Å². The molecule has 3 N–H and O–H groups in total. The average Bonchev–Trinajstić information content (AvgIpc) is 3.45. The van der Waals surface area contributed by atoms with Crippen LogP contribution in [-0.2, 0) is 14.8 Å². The Morgan fingerprint density at radius 1 is 1.22 bits per heavy atom. The predicted octanol–water partition coefficient (Wildman–Crippen LogP) is 3.93. The zero-order valence-electron chi connectivity index (χ0n) is 25.3. The van der Waals surface area contributed by atoms with Gasteiger partial charge in [-0.1, -0.05) is 23.7 Å². The van der Waals surface area contributed by atoms with E-state index in [1.165, 1.54) is 37.4 Å². The SMILES string of the molecule is CN=C(N)N(C(=O)c1ccc(-c2cnn(S(C)(=O)=O)c2)c(F)c1)[C@H](COC(=O)N[C@H]1CC1(F)F)c1ccc(Cl)c(-n2ncnc2C(F)F)c1. The molecule has 14 nitrogen and oxygen atoms in total. The number of nitrogens with two attached hydrogens (primary N) is 1. The van der Waals surface area contributed by atoms with E-state index in [4.69, 9.17) is 22.1 Å². The van der Waals surface area contributed by atoms with Crippen LogP contribution in [-0.4, -0.2) is 87.1 Å². The van der Waals surface area contributed by atoms with Crippen molar-refractivity contribution < 1.29 is 44.7 Å². The number of ether oxygens (including phenoxy) is 1. The van der Waals surface area contributed by atoms with E-state index in [0.29, 0.717) is 4.09 Å². The first-order valence-electron chi connectivity index (χ1n) is 13.9. The number of nitrogens with one attached hydrogen (secondary N) is 1. The maximum Gasteiger partial charge on any atom is 0.407 e. The lowest BCUT2D eigenvalue weighted by Gasteiger charge is -2.31. The average molecular weight is 730 g/mol. The van der Waals surface area contributed by atoms with Crippen LogP contribution in [0.5, 0.6) is 0 Å². The van der Waals surface area contributed by atoms with E-state index in [-0.39, 0.29) is 33.0 Å². The number of guanidine groups is 1. The molecule has 2 amide bonds. The van der Waals surface area contributed by atoms with Gasteiger partial charge in [0.25, 0.3) is 28.3 Å². The number of hydrogen-bond donors (Lipinski definition) is 2. The molecule has 2 aromatic heterocycles. The molecule has 0 spiro atoms. The first-order valence-corrected chi connectivity index (χ1v) is 16.1. The molecule has 0 unspecified atom stereocenters. The Labute approximate surface area is 279 Å². The van der Waals surface area contributed by atoms with Crippen molar-refractivity contribution in [1.82, 2.24) is 34.2 Å². The molecule has 49 heavy (non-hydrogen) atoms. The Morgan fingerprint density at radius 2 is 1.94 bits per heavy atom. The topological polar surface area (TPSA) is 180 Å². The molecular weight excluding hydrogens is 705 g/mol. The molecule has 260 valence electrons. The van der Waals surface area contributed by atoms with Gasteiger partial charge in [-0.05, 0) is 29.8 Å². The highest BCUT2D eigenvalue weighted by molar-refractivity contribution is 7.89. The number of aliphatic imine (C=N–C) groups is 1. The minimum Gasteiger partial charge on any atom is -0.447 e. The summed E-state index contributed by atoms with van der Waals surface area (Å²) in [4.78, 5) is 34.7. The molecule has 0 radical (unpaired) electrons. The van der Waals surface area contributed by atoms with Gasteiger partial charge in [-0.25, -0.2) is 44.8 Å². The highest BCUT2D eigenvalue weighted by atomic mass is 35.5. The van der Waals surface area contributed by atoms with Gasteiger partial charge in [0.2, 0.25) is 0 Å². The van der Waals surface area contributed by atoms with Crippen LogP contribution in [0.4, 0.5) is 26.7 Å². The second-order valence-corrected chi connectivity index (χ2v) is 12.9. The van der Waals surface area contributed by atoms with Crippen molar-refractivity contribution >= 4 is 39.6 Å². The van der Waals surface area contributed by atoms with Gasteiger partial charge in [-0.15, -0.1) is 0 Å². The Kier molecular flexibility index (Phi) is 9.64. The number of rotatable bonds is 10. The molecule has 2 atom stereocenters. The number of carbonyl (C=O) groups excluding carboxylic acids is 2. The summed E-state index contributed by atoms with van der Waals surface area (Å²) in [6, 6.07) is 4.17. The molecule has 1 saturated carbocycles. The maximum atomic E-state index is 15.4. The molecule has 2 heterocycles. The van der Waals surface area contributed by atoms with Gasteiger partial charge in [0.05, 0.1) is 35.4 Å². The lowest BCUT2D eigenvalue weighted by atomic mass is 10.0. The summed E-state index contributed by atoms with van der Waals surface area (Å²) < 4.78 is 99.8. The Morgan fingerprint density at radius 3 is 2.53 bits per heavy atom. The standard InChI is InChI=1S/C28H25ClF5N9O5S/c1-36-26(35)42(25(44)15-3-5-17(19(30)7-15)16-10-38-41(11-16)49(2,46)47)21(12-48-27(45)40-22-9-28(22,33)34)14-4-6-18(29)20(8-14)43-24(23(31)32)37-13-39-43/h3-8,10-11,13,21-23H,9,12H2,1-2H3,(H2,35,36)(H,40,45)/t21-,22+/m1/s1. The van der Waals surface area contributed by atoms with Gasteiger partial charge in [0, 0.05) is 30.2 Å². The van der Waals surface area contributed by atoms with Gasteiger partial charge in [-0.2, -0.15) is 14.3 Å². The fraction of sp³-hybridized carbons (Fsp3) is 0.286. The van der Waals surface area contributed by atoms with E-state index in [0.717, 1.165) is 40.6 Å². The molecule has 2 aromatic carbocycles. The van der Waals surface area contributed by atoms with Crippen molar-refractivity contribution in [2.45, 2.75) is 30.9 Å². The third-order valence-electron chi connectivity index (χ3n) is 7.28. The molecule has 0 bridgehead atoms. The molecular formula is C28H25ClF5N9O5S. The number of halogens is 6. The van der Waals surface area contributed by atoms with E-state index < -0.39 is 77.1 Å². The molecule has 1 fully saturated rings. The quantitative estimate of drug-likeness (QED) is 0.139. The third kappa shape index (κ3) is 7.48. The van der Waals surface area contributed by atoms with Crippen LogP contribution in [0.1, 0.15) is 40.6 Å². The second kappa shape index (κ2) is 13.4. The fourth-order valence-electron chi connectivity index (χ4n) is 4.67. The van der Waals surface area contributed by atoms with Gasteiger partial charge in [0.1, 0.15) is 24.8 Å².